The number of likely N-dealkylation sites (N-methyl/N-ethyl adjacent to an activating group) is 2. The van der Waals surface area contributed by atoms with Gasteiger partial charge in [0.05, 0.1) is 17.5 Å². The fourth-order valence-corrected chi connectivity index (χ4v) is 4.81. The van der Waals surface area contributed by atoms with Gasteiger partial charge in [-0.05, 0) is 41.3 Å². The summed E-state index contributed by atoms with van der Waals surface area (Å²) in [5.74, 6) is -0.247. The van der Waals surface area contributed by atoms with Crippen molar-refractivity contribution in [3.05, 3.63) is 64.9 Å². The molecule has 0 N–H and O–H groups in total. The third-order valence-electron chi connectivity index (χ3n) is 4.72. The standard InChI is InChI=1S/C20H22N2O3S2/c1-15(19-9-6-12-26-19)22(3)20(23)14-21(2)27(24,25)18-11-10-16-7-4-5-8-17(16)13-18/h4-13,15H,14H2,1-3H3. The molecule has 7 heteroatoms. The Morgan fingerprint density at radius 1 is 1.04 bits per heavy atom. The van der Waals surface area contributed by atoms with Gasteiger partial charge in [-0.15, -0.1) is 11.3 Å². The van der Waals surface area contributed by atoms with Gasteiger partial charge in [0.1, 0.15) is 0 Å². The molecule has 0 aliphatic carbocycles. The molecule has 0 fully saturated rings. The smallest absolute Gasteiger partial charge is 0.243 e. The largest absolute Gasteiger partial charge is 0.337 e. The SMILES string of the molecule is CC(c1cccs1)N(C)C(=O)CN(C)S(=O)(=O)c1ccc2ccccc2c1. The molecule has 142 valence electrons. The van der Waals surface area contributed by atoms with Gasteiger partial charge >= 0.3 is 0 Å². The quantitative estimate of drug-likeness (QED) is 0.631. The zero-order chi connectivity index (χ0) is 19.6. The van der Waals surface area contributed by atoms with Crippen molar-refractivity contribution in [3.8, 4) is 0 Å². The lowest BCUT2D eigenvalue weighted by Gasteiger charge is -2.26. The van der Waals surface area contributed by atoms with Crippen molar-refractivity contribution < 1.29 is 13.2 Å². The Labute approximate surface area is 163 Å². The van der Waals surface area contributed by atoms with Crippen molar-refractivity contribution in [2.24, 2.45) is 0 Å². The molecular weight excluding hydrogens is 380 g/mol. The van der Waals surface area contributed by atoms with Gasteiger partial charge in [-0.3, -0.25) is 4.79 Å². The van der Waals surface area contributed by atoms with Crippen LogP contribution < -0.4 is 0 Å². The number of benzene rings is 2. The fraction of sp³-hybridized carbons (Fsp3) is 0.250. The zero-order valence-corrected chi connectivity index (χ0v) is 17.1. The van der Waals surface area contributed by atoms with E-state index in [1.165, 1.54) is 7.05 Å². The predicted molar refractivity (Wildman–Crippen MR) is 109 cm³/mol. The Morgan fingerprint density at radius 3 is 2.41 bits per heavy atom. The Kier molecular flexibility index (Phi) is 5.64. The molecule has 1 heterocycles. The van der Waals surface area contributed by atoms with Gasteiger partial charge in [0.15, 0.2) is 0 Å². The summed E-state index contributed by atoms with van der Waals surface area (Å²) in [5, 5.41) is 3.78. The molecule has 0 aliphatic rings. The first-order valence-corrected chi connectivity index (χ1v) is 10.9. The monoisotopic (exact) mass is 402 g/mol. The minimum atomic E-state index is -3.75. The molecule has 0 radical (unpaired) electrons. The Balaban J connectivity index is 1.77. The van der Waals surface area contributed by atoms with Crippen LogP contribution in [0, 0.1) is 0 Å². The first kappa shape index (κ1) is 19.5. The third kappa shape index (κ3) is 4.05. The molecule has 5 nitrogen and oxygen atoms in total. The van der Waals surface area contributed by atoms with Crippen molar-refractivity contribution in [2.75, 3.05) is 20.6 Å². The van der Waals surface area contributed by atoms with Crippen molar-refractivity contribution >= 4 is 38.0 Å². The number of hydrogen-bond acceptors (Lipinski definition) is 4. The third-order valence-corrected chi connectivity index (χ3v) is 7.56. The first-order valence-electron chi connectivity index (χ1n) is 8.55. The van der Waals surface area contributed by atoms with Crippen LogP contribution in [0.5, 0.6) is 0 Å². The molecule has 0 spiro atoms. The lowest BCUT2D eigenvalue weighted by molar-refractivity contribution is -0.131. The summed E-state index contributed by atoms with van der Waals surface area (Å²) in [7, 11) is -0.616. The van der Waals surface area contributed by atoms with E-state index in [1.807, 2.05) is 48.7 Å². The maximum atomic E-state index is 12.9. The van der Waals surface area contributed by atoms with E-state index in [9.17, 15) is 13.2 Å². The molecule has 1 atom stereocenters. The van der Waals surface area contributed by atoms with Crippen LogP contribution in [0.3, 0.4) is 0 Å². The lowest BCUT2D eigenvalue weighted by Crippen LogP contribution is -2.40. The number of fused-ring (bicyclic) bond motifs is 1. The maximum Gasteiger partial charge on any atom is 0.243 e. The molecule has 2 aromatic carbocycles. The predicted octanol–water partition coefficient (Wildman–Crippen LogP) is 3.74. The van der Waals surface area contributed by atoms with Gasteiger partial charge in [0, 0.05) is 19.0 Å². The molecule has 3 aromatic rings. The maximum absolute atomic E-state index is 12.9. The van der Waals surface area contributed by atoms with Crippen LogP contribution in [0.1, 0.15) is 17.8 Å². The van der Waals surface area contributed by atoms with E-state index in [1.54, 1.807) is 41.5 Å². The topological polar surface area (TPSA) is 57.7 Å². The molecule has 0 saturated heterocycles. The number of amides is 1. The Bertz CT molecular complexity index is 1050. The molecule has 1 amide bonds. The number of thiophene rings is 1. The van der Waals surface area contributed by atoms with E-state index in [2.05, 4.69) is 0 Å². The first-order chi connectivity index (χ1) is 12.8. The molecule has 3 rings (SSSR count). The molecule has 1 aromatic heterocycles. The van der Waals surface area contributed by atoms with Crippen LogP contribution in [-0.4, -0.2) is 44.2 Å². The second-order valence-corrected chi connectivity index (χ2v) is 9.49. The molecule has 1 unspecified atom stereocenters. The summed E-state index contributed by atoms with van der Waals surface area (Å²) < 4.78 is 26.9. The van der Waals surface area contributed by atoms with E-state index in [-0.39, 0.29) is 23.4 Å². The van der Waals surface area contributed by atoms with Crippen LogP contribution in [0.15, 0.2) is 64.9 Å². The van der Waals surface area contributed by atoms with Crippen molar-refractivity contribution in [3.63, 3.8) is 0 Å². The van der Waals surface area contributed by atoms with Crippen LogP contribution in [0.2, 0.25) is 0 Å². The average molecular weight is 403 g/mol. The highest BCUT2D eigenvalue weighted by molar-refractivity contribution is 7.89. The summed E-state index contributed by atoms with van der Waals surface area (Å²) in [6, 6.07) is 16.4. The van der Waals surface area contributed by atoms with E-state index in [0.29, 0.717) is 0 Å². The summed E-state index contributed by atoms with van der Waals surface area (Å²) in [4.78, 5) is 15.4. The Hall–Kier alpha value is -2.22. The van der Waals surface area contributed by atoms with Crippen LogP contribution in [-0.2, 0) is 14.8 Å². The Morgan fingerprint density at radius 2 is 1.74 bits per heavy atom. The number of carbonyl (C=O) groups is 1. The van der Waals surface area contributed by atoms with Gasteiger partial charge in [0.25, 0.3) is 0 Å². The number of rotatable bonds is 6. The van der Waals surface area contributed by atoms with Crippen LogP contribution in [0.25, 0.3) is 10.8 Å². The molecule has 0 aliphatic heterocycles. The van der Waals surface area contributed by atoms with Crippen LogP contribution >= 0.6 is 11.3 Å². The van der Waals surface area contributed by atoms with Gasteiger partial charge in [-0.1, -0.05) is 36.4 Å². The average Bonchev–Trinajstić information content (AvgIpc) is 3.21. The van der Waals surface area contributed by atoms with E-state index in [4.69, 9.17) is 0 Å². The zero-order valence-electron chi connectivity index (χ0n) is 15.5. The second-order valence-electron chi connectivity index (χ2n) is 6.47. The fourth-order valence-electron chi connectivity index (χ4n) is 2.83. The summed E-state index contributed by atoms with van der Waals surface area (Å²) >= 11 is 1.57. The van der Waals surface area contributed by atoms with Crippen LogP contribution in [0.4, 0.5) is 0 Å². The van der Waals surface area contributed by atoms with E-state index < -0.39 is 10.0 Å². The highest BCUT2D eigenvalue weighted by Crippen LogP contribution is 2.24. The number of nitrogens with zero attached hydrogens (tertiary/aromatic N) is 2. The molecule has 0 saturated carbocycles. The summed E-state index contributed by atoms with van der Waals surface area (Å²) in [6.07, 6.45) is 0. The van der Waals surface area contributed by atoms with Crippen molar-refractivity contribution in [2.45, 2.75) is 17.9 Å². The molecular formula is C20H22N2O3S2. The van der Waals surface area contributed by atoms with Gasteiger partial charge in [-0.2, -0.15) is 4.31 Å². The highest BCUT2D eigenvalue weighted by atomic mass is 32.2. The molecule has 0 bridgehead atoms. The number of carbonyl (C=O) groups excluding carboxylic acids is 1. The second kappa shape index (κ2) is 7.80. The highest BCUT2D eigenvalue weighted by Gasteiger charge is 2.26. The lowest BCUT2D eigenvalue weighted by atomic mass is 10.1. The van der Waals surface area contributed by atoms with E-state index >= 15 is 0 Å². The normalized spacial score (nSPS) is 13.0. The van der Waals surface area contributed by atoms with E-state index in [0.717, 1.165) is 20.0 Å². The molecule has 27 heavy (non-hydrogen) atoms. The minimum Gasteiger partial charge on any atom is -0.337 e. The summed E-state index contributed by atoms with van der Waals surface area (Å²) in [6.45, 7) is 1.73. The van der Waals surface area contributed by atoms with Gasteiger partial charge < -0.3 is 4.90 Å². The van der Waals surface area contributed by atoms with Gasteiger partial charge in [-0.25, -0.2) is 8.42 Å². The van der Waals surface area contributed by atoms with Crippen molar-refractivity contribution in [1.82, 2.24) is 9.21 Å². The number of sulfonamides is 1. The van der Waals surface area contributed by atoms with Gasteiger partial charge in [0.2, 0.25) is 15.9 Å². The number of hydrogen-bond donors (Lipinski definition) is 0. The minimum absolute atomic E-state index is 0.103. The van der Waals surface area contributed by atoms with Crippen molar-refractivity contribution in [1.29, 1.82) is 0 Å². The summed E-state index contributed by atoms with van der Waals surface area (Å²) in [5.41, 5.74) is 0.